The molecule has 0 radical (unpaired) electrons. The molecular formula is C21H19ClFN5O. The predicted octanol–water partition coefficient (Wildman–Crippen LogP) is 3.93. The third-order valence-electron chi connectivity index (χ3n) is 4.96. The Hall–Kier alpha value is -3.06. The number of aromatic nitrogens is 3. The number of hydrogen-bond donors (Lipinski definition) is 2. The number of rotatable bonds is 5. The molecule has 1 fully saturated rings. The Morgan fingerprint density at radius 1 is 1.10 bits per heavy atom. The Bertz CT molecular complexity index is 1040. The van der Waals surface area contributed by atoms with E-state index in [2.05, 4.69) is 25.6 Å². The van der Waals surface area contributed by atoms with Crippen molar-refractivity contribution in [3.63, 3.8) is 0 Å². The summed E-state index contributed by atoms with van der Waals surface area (Å²) in [6.07, 6.45) is 3.01. The maximum Gasteiger partial charge on any atom is 0.223 e. The molecule has 0 bridgehead atoms. The maximum atomic E-state index is 13.2. The first-order chi connectivity index (χ1) is 14.0. The van der Waals surface area contributed by atoms with Gasteiger partial charge in [-0.15, -0.1) is 0 Å². The van der Waals surface area contributed by atoms with Crippen LogP contribution in [-0.4, -0.2) is 33.9 Å². The lowest BCUT2D eigenvalue weighted by Gasteiger charge is -2.34. The zero-order valence-electron chi connectivity index (χ0n) is 15.7. The van der Waals surface area contributed by atoms with E-state index in [-0.39, 0.29) is 23.7 Å². The van der Waals surface area contributed by atoms with Gasteiger partial charge in [0.25, 0.3) is 0 Å². The highest BCUT2D eigenvalue weighted by atomic mass is 35.5. The highest BCUT2D eigenvalue weighted by Crippen LogP contribution is 2.31. The lowest BCUT2D eigenvalue weighted by atomic mass is 9.80. The number of pyridine rings is 1. The van der Waals surface area contributed by atoms with E-state index in [1.807, 2.05) is 18.2 Å². The van der Waals surface area contributed by atoms with Crippen molar-refractivity contribution in [2.24, 2.45) is 5.92 Å². The molecule has 29 heavy (non-hydrogen) atoms. The molecule has 148 valence electrons. The van der Waals surface area contributed by atoms with Gasteiger partial charge in [0.1, 0.15) is 11.5 Å². The third kappa shape index (κ3) is 4.19. The van der Waals surface area contributed by atoms with Crippen LogP contribution in [0.1, 0.15) is 12.8 Å². The van der Waals surface area contributed by atoms with Crippen molar-refractivity contribution in [1.29, 1.82) is 0 Å². The average Bonchev–Trinajstić information content (AvgIpc) is 2.71. The summed E-state index contributed by atoms with van der Waals surface area (Å²) in [6, 6.07) is 11.8. The molecular weight excluding hydrogens is 393 g/mol. The standard InChI is InChI=1S/C21H19ClFN5O/c1-24-20(29)13-9-15(10-13)26-21-25-11-16(22)19(28-21)18-4-2-3-17(27-18)12-5-7-14(23)8-6-12/h2-8,11,13,15H,9-10H2,1H3,(H,24,29)(H,25,26,28). The number of nitrogens with one attached hydrogen (secondary N) is 2. The van der Waals surface area contributed by atoms with Crippen molar-refractivity contribution in [2.75, 3.05) is 12.4 Å². The number of benzene rings is 1. The normalized spacial score (nSPS) is 18.0. The second-order valence-electron chi connectivity index (χ2n) is 6.93. The van der Waals surface area contributed by atoms with Gasteiger partial charge in [-0.3, -0.25) is 4.79 Å². The van der Waals surface area contributed by atoms with E-state index in [1.165, 1.54) is 18.3 Å². The van der Waals surface area contributed by atoms with Crippen LogP contribution in [0.25, 0.3) is 22.6 Å². The molecule has 0 spiro atoms. The summed E-state index contributed by atoms with van der Waals surface area (Å²) in [7, 11) is 1.64. The van der Waals surface area contributed by atoms with Crippen LogP contribution in [0, 0.1) is 11.7 Å². The van der Waals surface area contributed by atoms with Crippen LogP contribution in [0.3, 0.4) is 0 Å². The van der Waals surface area contributed by atoms with Gasteiger partial charge >= 0.3 is 0 Å². The van der Waals surface area contributed by atoms with Gasteiger partial charge in [-0.1, -0.05) is 17.7 Å². The van der Waals surface area contributed by atoms with E-state index < -0.39 is 0 Å². The average molecular weight is 412 g/mol. The van der Waals surface area contributed by atoms with E-state index in [0.717, 1.165) is 18.4 Å². The number of hydrogen-bond acceptors (Lipinski definition) is 5. The lowest BCUT2D eigenvalue weighted by Crippen LogP contribution is -2.43. The summed E-state index contributed by atoms with van der Waals surface area (Å²) in [4.78, 5) is 25.0. The first-order valence-corrected chi connectivity index (χ1v) is 9.65. The molecule has 0 aliphatic heterocycles. The predicted molar refractivity (Wildman–Crippen MR) is 110 cm³/mol. The molecule has 1 aromatic carbocycles. The van der Waals surface area contributed by atoms with Crippen LogP contribution in [0.5, 0.6) is 0 Å². The molecule has 2 N–H and O–H groups in total. The first-order valence-electron chi connectivity index (χ1n) is 9.27. The summed E-state index contributed by atoms with van der Waals surface area (Å²) in [5, 5.41) is 6.30. The van der Waals surface area contributed by atoms with Crippen molar-refractivity contribution in [3.8, 4) is 22.6 Å². The number of amides is 1. The Kier molecular flexibility index (Phi) is 5.40. The smallest absolute Gasteiger partial charge is 0.223 e. The quantitative estimate of drug-likeness (QED) is 0.664. The number of anilines is 1. The van der Waals surface area contributed by atoms with Crippen molar-refractivity contribution in [1.82, 2.24) is 20.3 Å². The summed E-state index contributed by atoms with van der Waals surface area (Å²) >= 11 is 6.32. The van der Waals surface area contributed by atoms with E-state index >= 15 is 0 Å². The highest BCUT2D eigenvalue weighted by molar-refractivity contribution is 6.32. The second kappa shape index (κ2) is 8.13. The summed E-state index contributed by atoms with van der Waals surface area (Å²) < 4.78 is 13.2. The van der Waals surface area contributed by atoms with Crippen LogP contribution in [0.4, 0.5) is 10.3 Å². The molecule has 1 aliphatic rings. The molecule has 2 heterocycles. The number of carbonyl (C=O) groups is 1. The van der Waals surface area contributed by atoms with Crippen molar-refractivity contribution < 1.29 is 9.18 Å². The van der Waals surface area contributed by atoms with Crippen LogP contribution in [-0.2, 0) is 4.79 Å². The van der Waals surface area contributed by atoms with Gasteiger partial charge in [0.15, 0.2) is 0 Å². The lowest BCUT2D eigenvalue weighted by molar-refractivity contribution is -0.127. The first kappa shape index (κ1) is 19.3. The third-order valence-corrected chi connectivity index (χ3v) is 5.24. The second-order valence-corrected chi connectivity index (χ2v) is 7.34. The summed E-state index contributed by atoms with van der Waals surface area (Å²) in [5.41, 5.74) is 2.60. The summed E-state index contributed by atoms with van der Waals surface area (Å²) in [6.45, 7) is 0. The minimum Gasteiger partial charge on any atom is -0.359 e. The zero-order valence-corrected chi connectivity index (χ0v) is 16.4. The van der Waals surface area contributed by atoms with Crippen LogP contribution in [0.2, 0.25) is 5.02 Å². The minimum atomic E-state index is -0.297. The van der Waals surface area contributed by atoms with Crippen molar-refractivity contribution in [3.05, 3.63) is 59.5 Å². The van der Waals surface area contributed by atoms with E-state index in [9.17, 15) is 9.18 Å². The van der Waals surface area contributed by atoms with Gasteiger partial charge in [0.2, 0.25) is 11.9 Å². The minimum absolute atomic E-state index is 0.0262. The maximum absolute atomic E-state index is 13.2. The van der Waals surface area contributed by atoms with Gasteiger partial charge in [-0.25, -0.2) is 19.3 Å². The monoisotopic (exact) mass is 411 g/mol. The fourth-order valence-electron chi connectivity index (χ4n) is 3.30. The van der Waals surface area contributed by atoms with E-state index in [1.54, 1.807) is 19.2 Å². The molecule has 0 saturated heterocycles. The Balaban J connectivity index is 1.54. The molecule has 4 rings (SSSR count). The molecule has 1 amide bonds. The molecule has 3 aromatic rings. The van der Waals surface area contributed by atoms with Gasteiger partial charge < -0.3 is 10.6 Å². The Labute approximate surface area is 172 Å². The van der Waals surface area contributed by atoms with Crippen LogP contribution in [0.15, 0.2) is 48.7 Å². The zero-order chi connectivity index (χ0) is 20.4. The molecule has 0 atom stereocenters. The topological polar surface area (TPSA) is 79.8 Å². The van der Waals surface area contributed by atoms with Crippen molar-refractivity contribution >= 4 is 23.5 Å². The molecule has 0 unspecified atom stereocenters. The largest absolute Gasteiger partial charge is 0.359 e. The van der Waals surface area contributed by atoms with Crippen molar-refractivity contribution in [2.45, 2.75) is 18.9 Å². The summed E-state index contributed by atoms with van der Waals surface area (Å²) in [5.74, 6) is 0.230. The van der Waals surface area contributed by atoms with Gasteiger partial charge in [-0.2, -0.15) is 0 Å². The molecule has 6 nitrogen and oxygen atoms in total. The molecule has 8 heteroatoms. The number of carbonyl (C=O) groups excluding carboxylic acids is 1. The SMILES string of the molecule is CNC(=O)C1CC(Nc2ncc(Cl)c(-c3cccc(-c4ccc(F)cc4)n3)n2)C1. The number of halogens is 2. The Morgan fingerprint density at radius 2 is 1.83 bits per heavy atom. The highest BCUT2D eigenvalue weighted by Gasteiger charge is 2.34. The number of nitrogens with zero attached hydrogens (tertiary/aromatic N) is 3. The van der Waals surface area contributed by atoms with Gasteiger partial charge in [0, 0.05) is 24.6 Å². The van der Waals surface area contributed by atoms with Crippen LogP contribution >= 0.6 is 11.6 Å². The fraction of sp³-hybridized carbons (Fsp3) is 0.238. The van der Waals surface area contributed by atoms with Gasteiger partial charge in [-0.05, 0) is 49.2 Å². The fourth-order valence-corrected chi connectivity index (χ4v) is 3.49. The molecule has 1 aliphatic carbocycles. The molecule has 2 aromatic heterocycles. The Morgan fingerprint density at radius 3 is 2.55 bits per heavy atom. The molecule has 1 saturated carbocycles. The van der Waals surface area contributed by atoms with Gasteiger partial charge in [0.05, 0.1) is 22.6 Å². The van der Waals surface area contributed by atoms with E-state index in [4.69, 9.17) is 11.6 Å². The van der Waals surface area contributed by atoms with E-state index in [0.29, 0.717) is 28.1 Å². The van der Waals surface area contributed by atoms with Crippen LogP contribution < -0.4 is 10.6 Å².